The Bertz CT molecular complexity index is 707. The fourth-order valence-electron chi connectivity index (χ4n) is 1.37. The van der Waals surface area contributed by atoms with Gasteiger partial charge in [-0.1, -0.05) is 4.49 Å². The van der Waals surface area contributed by atoms with Gasteiger partial charge in [0.15, 0.2) is 5.65 Å². The van der Waals surface area contributed by atoms with Crippen molar-refractivity contribution in [1.82, 2.24) is 19.2 Å². The third-order valence-corrected chi connectivity index (χ3v) is 2.72. The maximum absolute atomic E-state index is 11.7. The van der Waals surface area contributed by atoms with E-state index in [1.54, 1.807) is 13.8 Å². The summed E-state index contributed by atoms with van der Waals surface area (Å²) in [5.74, 6) is -0.560. The van der Waals surface area contributed by atoms with E-state index >= 15 is 0 Å². The second-order valence-corrected chi connectivity index (χ2v) is 4.09. The zero-order chi connectivity index (χ0) is 14.5. The Labute approximate surface area is 117 Å². The number of rotatable bonds is 3. The smallest absolute Gasteiger partial charge is 0.436 e. The first kappa shape index (κ1) is 14.1. The summed E-state index contributed by atoms with van der Waals surface area (Å²) in [5, 5.41) is 7.77. The van der Waals surface area contributed by atoms with E-state index in [0.717, 1.165) is 11.5 Å². The van der Waals surface area contributed by atoms with Gasteiger partial charge >= 0.3 is 12.1 Å². The number of aromatic nitrogens is 4. The lowest BCUT2D eigenvalue weighted by Crippen LogP contribution is -2.17. The molecule has 2 heterocycles. The molecule has 106 valence electrons. The maximum Gasteiger partial charge on any atom is 0.436 e. The van der Waals surface area contributed by atoms with Gasteiger partial charge in [-0.05, 0) is 13.8 Å². The maximum atomic E-state index is 11.7. The number of hydrogen-bond acceptors (Lipinski definition) is 8. The lowest BCUT2D eigenvalue weighted by atomic mass is 10.3. The third kappa shape index (κ3) is 2.79. The zero-order valence-electron chi connectivity index (χ0n) is 10.8. The monoisotopic (exact) mass is 297 g/mol. The molecule has 2 aromatic heterocycles. The molecule has 0 N–H and O–H groups in total. The lowest BCUT2D eigenvalue weighted by molar-refractivity contribution is 0.0528. The second kappa shape index (κ2) is 6.19. The molecule has 0 fully saturated rings. The predicted octanol–water partition coefficient (Wildman–Crippen LogP) is 0.420. The van der Waals surface area contributed by atoms with E-state index in [2.05, 4.69) is 19.7 Å². The first-order chi connectivity index (χ1) is 9.67. The van der Waals surface area contributed by atoms with Crippen LogP contribution in [0.4, 0.5) is 4.79 Å². The Morgan fingerprint density at radius 2 is 2.10 bits per heavy atom. The van der Waals surface area contributed by atoms with Crippen LogP contribution in [0.3, 0.4) is 0 Å². The normalized spacial score (nSPS) is 11.6. The minimum absolute atomic E-state index is 0.156. The quantitative estimate of drug-likeness (QED) is 0.755. The Hall–Kier alpha value is -2.36. The summed E-state index contributed by atoms with van der Waals surface area (Å²) >= 11 is 0.854. The molecule has 0 aliphatic rings. The second-order valence-electron chi connectivity index (χ2n) is 3.38. The summed E-state index contributed by atoms with van der Waals surface area (Å²) in [6.45, 7) is 3.81. The van der Waals surface area contributed by atoms with Gasteiger partial charge in [-0.25, -0.2) is 9.59 Å². The van der Waals surface area contributed by atoms with Gasteiger partial charge in [-0.15, -0.1) is 10.1 Å². The van der Waals surface area contributed by atoms with Gasteiger partial charge in [0.2, 0.25) is 4.80 Å². The molecule has 0 aliphatic heterocycles. The van der Waals surface area contributed by atoms with Crippen molar-refractivity contribution in [2.24, 2.45) is 4.99 Å². The molecule has 0 aliphatic carbocycles. The lowest BCUT2D eigenvalue weighted by Gasteiger charge is -1.98. The summed E-state index contributed by atoms with van der Waals surface area (Å²) in [6.07, 6.45) is 0.532. The highest BCUT2D eigenvalue weighted by Crippen LogP contribution is 2.06. The van der Waals surface area contributed by atoms with Crippen LogP contribution in [0.2, 0.25) is 0 Å². The molecule has 2 aromatic rings. The van der Waals surface area contributed by atoms with E-state index in [9.17, 15) is 9.59 Å². The summed E-state index contributed by atoms with van der Waals surface area (Å²) < 4.78 is 14.5. The Balaban J connectivity index is 2.50. The molecule has 0 spiro atoms. The zero-order valence-corrected chi connectivity index (χ0v) is 11.6. The van der Waals surface area contributed by atoms with Crippen molar-refractivity contribution >= 4 is 29.2 Å². The van der Waals surface area contributed by atoms with Crippen LogP contribution < -0.4 is 4.80 Å². The Morgan fingerprint density at radius 3 is 2.80 bits per heavy atom. The number of ether oxygens (including phenoxy) is 2. The molecular formula is C10H11N5O4S. The topological polar surface area (TPSA) is 108 Å². The van der Waals surface area contributed by atoms with Crippen molar-refractivity contribution in [3.8, 4) is 0 Å². The van der Waals surface area contributed by atoms with Gasteiger partial charge in [0, 0.05) is 11.5 Å². The highest BCUT2D eigenvalue weighted by Gasteiger charge is 2.16. The van der Waals surface area contributed by atoms with Crippen LogP contribution in [0.15, 0.2) is 11.2 Å². The van der Waals surface area contributed by atoms with Gasteiger partial charge in [-0.3, -0.25) is 0 Å². The molecule has 0 bridgehead atoms. The SMILES string of the molecule is CCOC(=O)/N=c1\snnc2c(C(=O)OCC)cnn12. The van der Waals surface area contributed by atoms with Crippen molar-refractivity contribution in [2.45, 2.75) is 13.8 Å². The highest BCUT2D eigenvalue weighted by atomic mass is 32.1. The van der Waals surface area contributed by atoms with E-state index in [1.165, 1.54) is 10.7 Å². The van der Waals surface area contributed by atoms with Crippen molar-refractivity contribution in [1.29, 1.82) is 0 Å². The van der Waals surface area contributed by atoms with Crippen LogP contribution in [-0.4, -0.2) is 44.5 Å². The van der Waals surface area contributed by atoms with E-state index in [1.807, 2.05) is 0 Å². The number of esters is 1. The van der Waals surface area contributed by atoms with Crippen LogP contribution in [-0.2, 0) is 9.47 Å². The van der Waals surface area contributed by atoms with Gasteiger partial charge in [0.1, 0.15) is 5.56 Å². The van der Waals surface area contributed by atoms with E-state index in [0.29, 0.717) is 0 Å². The van der Waals surface area contributed by atoms with Crippen LogP contribution >= 0.6 is 11.5 Å². The largest absolute Gasteiger partial charge is 0.462 e. The molecule has 20 heavy (non-hydrogen) atoms. The fourth-order valence-corrected chi connectivity index (χ4v) is 1.88. The van der Waals surface area contributed by atoms with Crippen LogP contribution in [0, 0.1) is 0 Å². The van der Waals surface area contributed by atoms with Gasteiger partial charge < -0.3 is 9.47 Å². The average Bonchev–Trinajstić information content (AvgIpc) is 2.84. The summed E-state index contributed by atoms with van der Waals surface area (Å²) in [5.41, 5.74) is 0.331. The number of amides is 1. The van der Waals surface area contributed by atoms with Gasteiger partial charge in [-0.2, -0.15) is 9.61 Å². The number of fused-ring (bicyclic) bond motifs is 1. The number of hydrogen-bond donors (Lipinski definition) is 0. The highest BCUT2D eigenvalue weighted by molar-refractivity contribution is 7.02. The standard InChI is InChI=1S/C10H11N5O4S/c1-3-18-8(16)6-5-11-15-7(6)13-14-20-9(15)12-10(17)19-4-2/h5H,3-4H2,1-2H3/b12-9-. The number of carbonyl (C=O) groups excluding carboxylic acids is 2. The molecule has 9 nitrogen and oxygen atoms in total. The third-order valence-electron chi connectivity index (χ3n) is 2.13. The fraction of sp³-hybridized carbons (Fsp3) is 0.400. The van der Waals surface area contributed by atoms with Gasteiger partial charge in [0.25, 0.3) is 0 Å². The Morgan fingerprint density at radius 1 is 1.35 bits per heavy atom. The van der Waals surface area contributed by atoms with Crippen molar-refractivity contribution in [3.05, 3.63) is 16.6 Å². The first-order valence-electron chi connectivity index (χ1n) is 5.76. The van der Waals surface area contributed by atoms with E-state index < -0.39 is 12.1 Å². The molecule has 0 unspecified atom stereocenters. The minimum atomic E-state index is -0.758. The summed E-state index contributed by atoms with van der Waals surface area (Å²) in [7, 11) is 0. The summed E-state index contributed by atoms with van der Waals surface area (Å²) in [6, 6.07) is 0. The van der Waals surface area contributed by atoms with Gasteiger partial charge in [0.05, 0.1) is 19.4 Å². The van der Waals surface area contributed by atoms with Crippen molar-refractivity contribution in [3.63, 3.8) is 0 Å². The molecule has 0 saturated heterocycles. The van der Waals surface area contributed by atoms with Crippen LogP contribution in [0.1, 0.15) is 24.2 Å². The number of nitrogens with zero attached hydrogens (tertiary/aromatic N) is 5. The molecule has 0 saturated carbocycles. The van der Waals surface area contributed by atoms with Crippen LogP contribution in [0.25, 0.3) is 5.65 Å². The minimum Gasteiger partial charge on any atom is -0.462 e. The molecule has 0 atom stereocenters. The predicted molar refractivity (Wildman–Crippen MR) is 67.2 cm³/mol. The average molecular weight is 297 g/mol. The first-order valence-corrected chi connectivity index (χ1v) is 6.53. The molecule has 0 aromatic carbocycles. The van der Waals surface area contributed by atoms with Crippen LogP contribution in [0.5, 0.6) is 0 Å². The number of carbonyl (C=O) groups is 2. The van der Waals surface area contributed by atoms with Crippen molar-refractivity contribution < 1.29 is 19.1 Å². The molecule has 1 amide bonds. The van der Waals surface area contributed by atoms with E-state index in [4.69, 9.17) is 9.47 Å². The van der Waals surface area contributed by atoms with Crippen molar-refractivity contribution in [2.75, 3.05) is 13.2 Å². The summed E-state index contributed by atoms with van der Waals surface area (Å²) in [4.78, 5) is 26.9. The molecule has 0 radical (unpaired) electrons. The molecule has 10 heteroatoms. The van der Waals surface area contributed by atoms with E-state index in [-0.39, 0.29) is 29.2 Å². The Kier molecular flexibility index (Phi) is 4.35. The molecule has 2 rings (SSSR count). The molecular weight excluding hydrogens is 286 g/mol.